The number of carbonyl (C=O) groups is 1. The van der Waals surface area contributed by atoms with Crippen LogP contribution in [0.5, 0.6) is 5.75 Å². The lowest BCUT2D eigenvalue weighted by Gasteiger charge is -2.07. The largest absolute Gasteiger partial charge is 0.494 e. The Morgan fingerprint density at radius 2 is 2.11 bits per heavy atom. The average Bonchev–Trinajstić information content (AvgIpc) is 2.35. The van der Waals surface area contributed by atoms with E-state index in [2.05, 4.69) is 0 Å². The molecule has 0 unspecified atom stereocenters. The van der Waals surface area contributed by atoms with Crippen molar-refractivity contribution < 1.29 is 19.0 Å². The number of halogens is 1. The van der Waals surface area contributed by atoms with Crippen LogP contribution in [0.3, 0.4) is 0 Å². The van der Waals surface area contributed by atoms with Crippen molar-refractivity contribution in [3.8, 4) is 5.75 Å². The molecule has 4 nitrogen and oxygen atoms in total. The van der Waals surface area contributed by atoms with Gasteiger partial charge in [-0.25, -0.2) is 4.39 Å². The van der Waals surface area contributed by atoms with Gasteiger partial charge in [-0.1, -0.05) is 0 Å². The Morgan fingerprint density at radius 1 is 1.44 bits per heavy atom. The Kier molecular flexibility index (Phi) is 6.53. The van der Waals surface area contributed by atoms with E-state index in [-0.39, 0.29) is 5.82 Å². The molecule has 0 bridgehead atoms. The standard InChI is InChI=1S/C12H16FNO3S/c13-9-2-4-10(5-3-9)17-6-1-7-18-8-11(14)12(15)16/h2-5,11H,1,6-8,14H2,(H,15,16)/t11-/m1/s1. The second kappa shape index (κ2) is 7.94. The minimum absolute atomic E-state index is 0.291. The molecule has 6 heteroatoms. The molecule has 0 aliphatic carbocycles. The maximum atomic E-state index is 12.6. The predicted molar refractivity (Wildman–Crippen MR) is 69.4 cm³/mol. The Bertz CT molecular complexity index is 372. The Hall–Kier alpha value is -1.27. The van der Waals surface area contributed by atoms with Gasteiger partial charge in [0.15, 0.2) is 0 Å². The summed E-state index contributed by atoms with van der Waals surface area (Å²) in [6.07, 6.45) is 0.786. The van der Waals surface area contributed by atoms with E-state index in [0.717, 1.165) is 12.2 Å². The van der Waals surface area contributed by atoms with Crippen LogP contribution in [0, 0.1) is 5.82 Å². The predicted octanol–water partition coefficient (Wildman–Crippen LogP) is 1.74. The lowest BCUT2D eigenvalue weighted by atomic mass is 10.3. The molecule has 100 valence electrons. The van der Waals surface area contributed by atoms with E-state index >= 15 is 0 Å². The molecule has 0 saturated heterocycles. The normalized spacial score (nSPS) is 12.1. The van der Waals surface area contributed by atoms with Gasteiger partial charge in [-0.3, -0.25) is 4.79 Å². The molecule has 0 aliphatic rings. The molecule has 1 aromatic carbocycles. The summed E-state index contributed by atoms with van der Waals surface area (Å²) < 4.78 is 18.0. The van der Waals surface area contributed by atoms with Crippen LogP contribution >= 0.6 is 11.8 Å². The number of rotatable bonds is 8. The molecule has 0 aromatic heterocycles. The Labute approximate surface area is 109 Å². The van der Waals surface area contributed by atoms with Crippen LogP contribution in [0.15, 0.2) is 24.3 Å². The Morgan fingerprint density at radius 3 is 2.72 bits per heavy atom. The monoisotopic (exact) mass is 273 g/mol. The van der Waals surface area contributed by atoms with E-state index in [4.69, 9.17) is 15.6 Å². The zero-order chi connectivity index (χ0) is 13.4. The molecule has 0 saturated carbocycles. The number of benzene rings is 1. The van der Waals surface area contributed by atoms with Crippen LogP contribution in [0.1, 0.15) is 6.42 Å². The quantitative estimate of drug-likeness (QED) is 0.706. The summed E-state index contributed by atoms with van der Waals surface area (Å²) in [7, 11) is 0. The van der Waals surface area contributed by atoms with Gasteiger partial charge >= 0.3 is 5.97 Å². The molecule has 3 N–H and O–H groups in total. The molecule has 1 aromatic rings. The van der Waals surface area contributed by atoms with E-state index in [0.29, 0.717) is 18.1 Å². The lowest BCUT2D eigenvalue weighted by molar-refractivity contribution is -0.137. The SMILES string of the molecule is N[C@H](CSCCCOc1ccc(F)cc1)C(=O)O. The summed E-state index contributed by atoms with van der Waals surface area (Å²) in [4.78, 5) is 10.4. The second-order valence-corrected chi connectivity index (χ2v) is 4.83. The first kappa shape index (κ1) is 14.8. The smallest absolute Gasteiger partial charge is 0.321 e. The van der Waals surface area contributed by atoms with Crippen LogP contribution in [0.2, 0.25) is 0 Å². The topological polar surface area (TPSA) is 72.5 Å². The summed E-state index contributed by atoms with van der Waals surface area (Å²) in [6.45, 7) is 0.515. The average molecular weight is 273 g/mol. The van der Waals surface area contributed by atoms with E-state index in [1.807, 2.05) is 0 Å². The molecule has 0 radical (unpaired) electrons. The van der Waals surface area contributed by atoms with Crippen LogP contribution < -0.4 is 10.5 Å². The zero-order valence-electron chi connectivity index (χ0n) is 9.84. The number of aliphatic carboxylic acids is 1. The summed E-state index contributed by atoms with van der Waals surface area (Å²) >= 11 is 1.48. The van der Waals surface area contributed by atoms with Crippen molar-refractivity contribution >= 4 is 17.7 Å². The van der Waals surface area contributed by atoms with Gasteiger partial charge in [0.1, 0.15) is 17.6 Å². The third-order valence-corrected chi connectivity index (χ3v) is 3.30. The maximum absolute atomic E-state index is 12.6. The molecule has 1 atom stereocenters. The van der Waals surface area contributed by atoms with E-state index in [9.17, 15) is 9.18 Å². The number of hydrogen-bond acceptors (Lipinski definition) is 4. The number of nitrogens with two attached hydrogens (primary N) is 1. The molecular weight excluding hydrogens is 257 g/mol. The summed E-state index contributed by atoms with van der Waals surface area (Å²) in [6, 6.07) is 5.02. The minimum atomic E-state index is -0.981. The molecular formula is C12H16FNO3S. The lowest BCUT2D eigenvalue weighted by Crippen LogP contribution is -2.32. The van der Waals surface area contributed by atoms with Gasteiger partial charge in [0, 0.05) is 5.75 Å². The number of carboxylic acids is 1. The molecule has 18 heavy (non-hydrogen) atoms. The molecule has 0 aliphatic heterocycles. The first-order chi connectivity index (χ1) is 8.59. The van der Waals surface area contributed by atoms with Crippen molar-refractivity contribution in [1.29, 1.82) is 0 Å². The van der Waals surface area contributed by atoms with Gasteiger partial charge in [0.25, 0.3) is 0 Å². The van der Waals surface area contributed by atoms with Gasteiger partial charge in [0.05, 0.1) is 6.61 Å². The Balaban J connectivity index is 2.05. The molecule has 0 spiro atoms. The van der Waals surface area contributed by atoms with E-state index in [1.165, 1.54) is 23.9 Å². The van der Waals surface area contributed by atoms with Crippen LogP contribution in [-0.4, -0.2) is 35.2 Å². The van der Waals surface area contributed by atoms with Gasteiger partial charge in [-0.2, -0.15) is 11.8 Å². The molecule has 1 rings (SSSR count). The summed E-state index contributed by atoms with van der Waals surface area (Å²) in [5.74, 6) is 0.530. The molecule has 0 amide bonds. The highest BCUT2D eigenvalue weighted by atomic mass is 32.2. The molecule has 0 heterocycles. The van der Waals surface area contributed by atoms with Crippen molar-refractivity contribution in [2.45, 2.75) is 12.5 Å². The number of hydrogen-bond donors (Lipinski definition) is 2. The fourth-order valence-electron chi connectivity index (χ4n) is 1.16. The van der Waals surface area contributed by atoms with Crippen molar-refractivity contribution in [3.63, 3.8) is 0 Å². The summed E-state index contributed by atoms with van der Waals surface area (Å²) in [5, 5.41) is 8.56. The fraction of sp³-hybridized carbons (Fsp3) is 0.417. The number of ether oxygens (including phenoxy) is 1. The van der Waals surface area contributed by atoms with Gasteiger partial charge in [0.2, 0.25) is 0 Å². The van der Waals surface area contributed by atoms with Crippen molar-refractivity contribution in [3.05, 3.63) is 30.1 Å². The number of carboxylic acid groups (broad SMARTS) is 1. The third kappa shape index (κ3) is 5.88. The van der Waals surface area contributed by atoms with E-state index in [1.54, 1.807) is 12.1 Å². The fourth-order valence-corrected chi connectivity index (χ4v) is 2.05. The highest BCUT2D eigenvalue weighted by Crippen LogP contribution is 2.12. The van der Waals surface area contributed by atoms with E-state index < -0.39 is 12.0 Å². The van der Waals surface area contributed by atoms with Crippen LogP contribution in [0.25, 0.3) is 0 Å². The van der Waals surface area contributed by atoms with Gasteiger partial charge in [-0.15, -0.1) is 0 Å². The van der Waals surface area contributed by atoms with Crippen LogP contribution in [0.4, 0.5) is 4.39 Å². The highest BCUT2D eigenvalue weighted by Gasteiger charge is 2.10. The highest BCUT2D eigenvalue weighted by molar-refractivity contribution is 7.99. The van der Waals surface area contributed by atoms with Crippen molar-refractivity contribution in [2.75, 3.05) is 18.1 Å². The maximum Gasteiger partial charge on any atom is 0.321 e. The van der Waals surface area contributed by atoms with Gasteiger partial charge in [-0.05, 0) is 36.4 Å². The van der Waals surface area contributed by atoms with Crippen LogP contribution in [-0.2, 0) is 4.79 Å². The van der Waals surface area contributed by atoms with Crippen molar-refractivity contribution in [2.24, 2.45) is 5.73 Å². The second-order valence-electron chi connectivity index (χ2n) is 3.68. The van der Waals surface area contributed by atoms with Gasteiger partial charge < -0.3 is 15.6 Å². The first-order valence-corrected chi connectivity index (χ1v) is 6.69. The number of thioether (sulfide) groups is 1. The first-order valence-electron chi connectivity index (χ1n) is 5.54. The summed E-state index contributed by atoms with van der Waals surface area (Å²) in [5.41, 5.74) is 5.35. The molecule has 0 fully saturated rings. The van der Waals surface area contributed by atoms with Crippen molar-refractivity contribution in [1.82, 2.24) is 0 Å². The minimum Gasteiger partial charge on any atom is -0.494 e. The third-order valence-electron chi connectivity index (χ3n) is 2.13. The zero-order valence-corrected chi connectivity index (χ0v) is 10.7.